The first-order valence-corrected chi connectivity index (χ1v) is 6.52. The molecule has 0 spiro atoms. The van der Waals surface area contributed by atoms with Gasteiger partial charge >= 0.3 is 0 Å². The van der Waals surface area contributed by atoms with Crippen molar-refractivity contribution in [3.8, 4) is 5.75 Å². The van der Waals surface area contributed by atoms with Crippen LogP contribution in [0.4, 0.5) is 0 Å². The molecule has 0 saturated heterocycles. The summed E-state index contributed by atoms with van der Waals surface area (Å²) in [6.07, 6.45) is 6.92. The maximum absolute atomic E-state index is 11.7. The SMILES string of the molecule is C/C=C\c1c(C)cc(O)c(C(C)=O)c1CCCC. The zero-order valence-corrected chi connectivity index (χ0v) is 11.7. The number of hydrogen-bond donors (Lipinski definition) is 1. The molecule has 1 aromatic rings. The minimum absolute atomic E-state index is 0.0654. The Balaban J connectivity index is 3.48. The lowest BCUT2D eigenvalue weighted by Gasteiger charge is -2.15. The molecule has 0 aromatic heterocycles. The maximum Gasteiger partial charge on any atom is 0.163 e. The number of ketones is 1. The molecule has 0 saturated carbocycles. The van der Waals surface area contributed by atoms with Gasteiger partial charge in [-0.2, -0.15) is 0 Å². The zero-order valence-electron chi connectivity index (χ0n) is 11.7. The van der Waals surface area contributed by atoms with E-state index in [2.05, 4.69) is 6.92 Å². The van der Waals surface area contributed by atoms with Crippen LogP contribution >= 0.6 is 0 Å². The largest absolute Gasteiger partial charge is 0.507 e. The summed E-state index contributed by atoms with van der Waals surface area (Å²) in [5, 5.41) is 9.99. The van der Waals surface area contributed by atoms with Gasteiger partial charge in [0.25, 0.3) is 0 Å². The molecule has 1 N–H and O–H groups in total. The van der Waals surface area contributed by atoms with Gasteiger partial charge in [-0.25, -0.2) is 0 Å². The number of aryl methyl sites for hydroxylation is 1. The topological polar surface area (TPSA) is 37.3 Å². The van der Waals surface area contributed by atoms with Crippen LogP contribution in [0.3, 0.4) is 0 Å². The summed E-state index contributed by atoms with van der Waals surface area (Å²) in [4.78, 5) is 11.7. The van der Waals surface area contributed by atoms with Gasteiger partial charge in [-0.3, -0.25) is 4.79 Å². The molecule has 0 bridgehead atoms. The number of phenols is 1. The van der Waals surface area contributed by atoms with Crippen LogP contribution in [0.1, 0.15) is 60.7 Å². The number of carbonyl (C=O) groups excluding carboxylic acids is 1. The van der Waals surface area contributed by atoms with E-state index >= 15 is 0 Å². The van der Waals surface area contributed by atoms with Crippen LogP contribution in [0.5, 0.6) is 5.75 Å². The minimum Gasteiger partial charge on any atom is -0.507 e. The number of Topliss-reactive ketones (excluding diaryl/α,β-unsaturated/α-hetero) is 1. The summed E-state index contributed by atoms with van der Waals surface area (Å²) in [5.74, 6) is 0.0451. The molecular formula is C16H22O2. The Morgan fingerprint density at radius 3 is 2.61 bits per heavy atom. The molecule has 0 unspecified atom stereocenters. The molecule has 0 aliphatic heterocycles. The van der Waals surface area contributed by atoms with E-state index in [1.165, 1.54) is 6.92 Å². The molecule has 2 heteroatoms. The van der Waals surface area contributed by atoms with Crippen LogP contribution in [0, 0.1) is 6.92 Å². The third-order valence-corrected chi connectivity index (χ3v) is 3.13. The van der Waals surface area contributed by atoms with Gasteiger partial charge in [0.2, 0.25) is 0 Å². The smallest absolute Gasteiger partial charge is 0.163 e. The Labute approximate surface area is 109 Å². The summed E-state index contributed by atoms with van der Waals surface area (Å²) in [7, 11) is 0. The lowest BCUT2D eigenvalue weighted by molar-refractivity contribution is 0.101. The molecule has 1 rings (SSSR count). The van der Waals surface area contributed by atoms with Crippen molar-refractivity contribution in [2.45, 2.75) is 47.0 Å². The van der Waals surface area contributed by atoms with Crippen LogP contribution in [0.15, 0.2) is 12.1 Å². The highest BCUT2D eigenvalue weighted by atomic mass is 16.3. The number of aromatic hydroxyl groups is 1. The Morgan fingerprint density at radius 2 is 2.11 bits per heavy atom. The highest BCUT2D eigenvalue weighted by Gasteiger charge is 2.17. The highest BCUT2D eigenvalue weighted by molar-refractivity contribution is 5.99. The van der Waals surface area contributed by atoms with Crippen molar-refractivity contribution in [3.63, 3.8) is 0 Å². The van der Waals surface area contributed by atoms with Crippen LogP contribution in [-0.4, -0.2) is 10.9 Å². The first-order valence-electron chi connectivity index (χ1n) is 6.52. The minimum atomic E-state index is -0.0654. The predicted octanol–water partition coefficient (Wildman–Crippen LogP) is 4.28. The first-order chi connectivity index (χ1) is 8.52. The number of carbonyl (C=O) groups is 1. The molecule has 0 radical (unpaired) electrons. The van der Waals surface area contributed by atoms with E-state index in [0.29, 0.717) is 5.56 Å². The lowest BCUT2D eigenvalue weighted by atomic mass is 9.90. The molecule has 0 fully saturated rings. The number of unbranched alkanes of at least 4 members (excludes halogenated alkanes) is 1. The fourth-order valence-corrected chi connectivity index (χ4v) is 2.29. The summed E-state index contributed by atoms with van der Waals surface area (Å²) in [6.45, 7) is 7.56. The van der Waals surface area contributed by atoms with E-state index in [-0.39, 0.29) is 11.5 Å². The molecule has 18 heavy (non-hydrogen) atoms. The van der Waals surface area contributed by atoms with E-state index in [0.717, 1.165) is 36.0 Å². The molecule has 0 heterocycles. The van der Waals surface area contributed by atoms with Gasteiger partial charge in [0, 0.05) is 0 Å². The number of phenolic OH excluding ortho intramolecular Hbond substituents is 1. The van der Waals surface area contributed by atoms with Gasteiger partial charge in [0.1, 0.15) is 5.75 Å². The van der Waals surface area contributed by atoms with E-state index in [4.69, 9.17) is 0 Å². The van der Waals surface area contributed by atoms with Crippen molar-refractivity contribution in [2.24, 2.45) is 0 Å². The third kappa shape index (κ3) is 3.00. The average molecular weight is 246 g/mol. The summed E-state index contributed by atoms with van der Waals surface area (Å²) in [6, 6.07) is 1.68. The van der Waals surface area contributed by atoms with Crippen LogP contribution < -0.4 is 0 Å². The van der Waals surface area contributed by atoms with E-state index in [1.54, 1.807) is 6.07 Å². The second-order valence-corrected chi connectivity index (χ2v) is 4.64. The van der Waals surface area contributed by atoms with Crippen molar-refractivity contribution in [1.29, 1.82) is 0 Å². The van der Waals surface area contributed by atoms with Crippen LogP contribution in [0.2, 0.25) is 0 Å². The van der Waals surface area contributed by atoms with Crippen molar-refractivity contribution in [3.05, 3.63) is 34.4 Å². The normalized spacial score (nSPS) is 11.1. The molecule has 0 aliphatic carbocycles. The Morgan fingerprint density at radius 1 is 1.44 bits per heavy atom. The van der Waals surface area contributed by atoms with Crippen molar-refractivity contribution < 1.29 is 9.90 Å². The number of hydrogen-bond acceptors (Lipinski definition) is 2. The molecule has 98 valence electrons. The Hall–Kier alpha value is -1.57. The van der Waals surface area contributed by atoms with Crippen molar-refractivity contribution in [1.82, 2.24) is 0 Å². The number of rotatable bonds is 5. The maximum atomic E-state index is 11.7. The molecule has 0 atom stereocenters. The number of benzene rings is 1. The molecule has 0 amide bonds. The highest BCUT2D eigenvalue weighted by Crippen LogP contribution is 2.30. The monoisotopic (exact) mass is 246 g/mol. The van der Waals surface area contributed by atoms with Crippen molar-refractivity contribution >= 4 is 11.9 Å². The van der Waals surface area contributed by atoms with Gasteiger partial charge in [-0.1, -0.05) is 25.5 Å². The Kier molecular flexibility index (Phi) is 5.14. The van der Waals surface area contributed by atoms with Crippen LogP contribution in [-0.2, 0) is 6.42 Å². The molecule has 2 nitrogen and oxygen atoms in total. The van der Waals surface area contributed by atoms with Crippen LogP contribution in [0.25, 0.3) is 6.08 Å². The average Bonchev–Trinajstić information content (AvgIpc) is 2.29. The van der Waals surface area contributed by atoms with Gasteiger partial charge in [0.05, 0.1) is 5.56 Å². The quantitative estimate of drug-likeness (QED) is 0.787. The lowest BCUT2D eigenvalue weighted by Crippen LogP contribution is -2.05. The third-order valence-electron chi connectivity index (χ3n) is 3.13. The summed E-state index contributed by atoms with van der Waals surface area (Å²) >= 11 is 0. The molecular weight excluding hydrogens is 224 g/mol. The second-order valence-electron chi connectivity index (χ2n) is 4.64. The van der Waals surface area contributed by atoms with E-state index in [1.807, 2.05) is 26.0 Å². The van der Waals surface area contributed by atoms with Gasteiger partial charge in [-0.05, 0) is 56.4 Å². The van der Waals surface area contributed by atoms with Gasteiger partial charge in [-0.15, -0.1) is 0 Å². The van der Waals surface area contributed by atoms with E-state index in [9.17, 15) is 9.90 Å². The first kappa shape index (κ1) is 14.5. The fraction of sp³-hybridized carbons (Fsp3) is 0.438. The van der Waals surface area contributed by atoms with Gasteiger partial charge < -0.3 is 5.11 Å². The van der Waals surface area contributed by atoms with E-state index < -0.39 is 0 Å². The zero-order chi connectivity index (χ0) is 13.7. The van der Waals surface area contributed by atoms with Gasteiger partial charge in [0.15, 0.2) is 5.78 Å². The van der Waals surface area contributed by atoms with Crippen molar-refractivity contribution in [2.75, 3.05) is 0 Å². The number of allylic oxidation sites excluding steroid dienone is 1. The summed E-state index contributed by atoms with van der Waals surface area (Å²) in [5.41, 5.74) is 3.57. The fourth-order valence-electron chi connectivity index (χ4n) is 2.29. The predicted molar refractivity (Wildman–Crippen MR) is 76.2 cm³/mol. The Bertz CT molecular complexity index is 470. The summed E-state index contributed by atoms with van der Waals surface area (Å²) < 4.78 is 0. The molecule has 0 aliphatic rings. The second kappa shape index (κ2) is 6.39. The molecule has 1 aromatic carbocycles. The standard InChI is InChI=1S/C16H22O2/c1-5-7-9-14-13(8-6-2)11(3)10-15(18)16(14)12(4)17/h6,8,10,18H,5,7,9H2,1-4H3/b8-6-.